The van der Waals surface area contributed by atoms with Crippen LogP contribution in [0.25, 0.3) is 0 Å². The Morgan fingerprint density at radius 2 is 2.60 bits per heavy atom. The van der Waals surface area contributed by atoms with E-state index in [0.29, 0.717) is 6.54 Å². The summed E-state index contributed by atoms with van der Waals surface area (Å²) in [5, 5.41) is 2.97. The normalized spacial score (nSPS) is 25.0. The molecule has 1 heterocycles. The van der Waals surface area contributed by atoms with Crippen molar-refractivity contribution in [2.24, 2.45) is 5.73 Å². The first-order valence-electron chi connectivity index (χ1n) is 3.11. The molecule has 1 aliphatic rings. The van der Waals surface area contributed by atoms with Crippen LogP contribution in [0.15, 0.2) is 12.3 Å². The monoisotopic (exact) mass is 142 g/mol. The summed E-state index contributed by atoms with van der Waals surface area (Å²) in [6.07, 6.45) is 2.77. The van der Waals surface area contributed by atoms with Gasteiger partial charge in [-0.2, -0.15) is 0 Å². The molecule has 1 rings (SSSR count). The van der Waals surface area contributed by atoms with Gasteiger partial charge in [0.2, 0.25) is 0 Å². The predicted octanol–water partition coefficient (Wildman–Crippen LogP) is -1.03. The van der Waals surface area contributed by atoms with Crippen LogP contribution in [0.2, 0.25) is 0 Å². The highest BCUT2D eigenvalue weighted by atomic mass is 16.5. The minimum absolute atomic E-state index is 0.431. The average Bonchev–Trinajstić information content (AvgIpc) is 2.12. The fourth-order valence-electron chi connectivity index (χ4n) is 0.712. The number of nitrogens with one attached hydrogen (secondary N) is 1. The fourth-order valence-corrected chi connectivity index (χ4v) is 0.712. The molecule has 1 aliphatic heterocycles. The molecule has 0 radical (unpaired) electrons. The zero-order valence-corrected chi connectivity index (χ0v) is 5.54. The van der Waals surface area contributed by atoms with Crippen LogP contribution >= 0.6 is 0 Å². The van der Waals surface area contributed by atoms with E-state index in [4.69, 9.17) is 10.5 Å². The lowest BCUT2D eigenvalue weighted by Gasteiger charge is -2.09. The van der Waals surface area contributed by atoms with Crippen molar-refractivity contribution in [2.45, 2.75) is 6.10 Å². The molecule has 0 aromatic heterocycles. The van der Waals surface area contributed by atoms with Crippen LogP contribution in [0.1, 0.15) is 0 Å². The molecule has 4 heteroatoms. The summed E-state index contributed by atoms with van der Waals surface area (Å²) in [4.78, 5) is 10.5. The summed E-state index contributed by atoms with van der Waals surface area (Å²) in [6.45, 7) is 1.21. The number of carbonyl (C=O) groups is 1. The van der Waals surface area contributed by atoms with Crippen LogP contribution < -0.4 is 11.1 Å². The molecular formula is C6H10N2O2. The van der Waals surface area contributed by atoms with Gasteiger partial charge in [0.15, 0.2) is 6.10 Å². The first-order valence-corrected chi connectivity index (χ1v) is 3.11. The highest BCUT2D eigenvalue weighted by molar-refractivity contribution is 5.79. The lowest BCUT2D eigenvalue weighted by molar-refractivity contribution is -0.125. The van der Waals surface area contributed by atoms with Gasteiger partial charge in [-0.25, -0.2) is 0 Å². The first kappa shape index (κ1) is 7.08. The number of hydrogen-bond acceptors (Lipinski definition) is 3. The molecule has 0 aromatic rings. The minimum Gasteiger partial charge on any atom is -0.487 e. The Morgan fingerprint density at radius 3 is 3.30 bits per heavy atom. The van der Waals surface area contributed by atoms with Gasteiger partial charge in [0.05, 0.1) is 6.26 Å². The topological polar surface area (TPSA) is 64.4 Å². The smallest absolute Gasteiger partial charge is 0.259 e. The Labute approximate surface area is 59.0 Å². The van der Waals surface area contributed by atoms with E-state index in [1.165, 1.54) is 6.26 Å². The van der Waals surface area contributed by atoms with Crippen LogP contribution in [0.5, 0.6) is 0 Å². The number of hydrogen-bond donors (Lipinski definition) is 2. The molecule has 56 valence electrons. The van der Waals surface area contributed by atoms with Crippen molar-refractivity contribution in [3.63, 3.8) is 0 Å². The van der Waals surface area contributed by atoms with Crippen LogP contribution in [-0.4, -0.2) is 25.1 Å². The van der Waals surface area contributed by atoms with E-state index >= 15 is 0 Å². The van der Waals surface area contributed by atoms with Gasteiger partial charge in [-0.1, -0.05) is 0 Å². The van der Waals surface area contributed by atoms with Gasteiger partial charge in [-0.05, 0) is 6.08 Å². The Kier molecular flexibility index (Phi) is 2.28. The van der Waals surface area contributed by atoms with Crippen molar-refractivity contribution < 1.29 is 9.53 Å². The molecule has 0 saturated carbocycles. The second-order valence-corrected chi connectivity index (χ2v) is 2.06. The maximum atomic E-state index is 10.5. The first-order chi connectivity index (χ1) is 4.80. The third-order valence-corrected chi connectivity index (χ3v) is 1.25. The highest BCUT2D eigenvalue weighted by Crippen LogP contribution is 1.93. The van der Waals surface area contributed by atoms with E-state index in [2.05, 4.69) is 5.32 Å². The van der Waals surface area contributed by atoms with E-state index in [1.807, 2.05) is 0 Å². The van der Waals surface area contributed by atoms with Crippen molar-refractivity contribution in [3.8, 4) is 0 Å². The summed E-state index contributed by atoms with van der Waals surface area (Å²) >= 11 is 0. The van der Waals surface area contributed by atoms with Gasteiger partial charge in [0, 0.05) is 13.1 Å². The second kappa shape index (κ2) is 3.22. The van der Waals surface area contributed by atoms with Crippen LogP contribution in [-0.2, 0) is 9.53 Å². The zero-order valence-electron chi connectivity index (χ0n) is 5.54. The minimum atomic E-state index is -0.515. The number of ether oxygens (including phenoxy) is 1. The molecule has 1 amide bonds. The number of primary amides is 1. The zero-order chi connectivity index (χ0) is 7.40. The summed E-state index contributed by atoms with van der Waals surface area (Å²) in [5.41, 5.74) is 5.00. The number of rotatable bonds is 1. The average molecular weight is 142 g/mol. The van der Waals surface area contributed by atoms with E-state index < -0.39 is 12.0 Å². The summed E-state index contributed by atoms with van der Waals surface area (Å²) < 4.78 is 4.95. The highest BCUT2D eigenvalue weighted by Gasteiger charge is 2.15. The van der Waals surface area contributed by atoms with Crippen LogP contribution in [0, 0.1) is 0 Å². The van der Waals surface area contributed by atoms with Crippen molar-refractivity contribution in [3.05, 3.63) is 12.3 Å². The standard InChI is InChI=1S/C6H10N2O2/c7-6(9)5-4-8-2-1-3-10-5/h1,3,5,8H,2,4H2,(H2,7,9). The van der Waals surface area contributed by atoms with Gasteiger partial charge >= 0.3 is 0 Å². The molecule has 0 bridgehead atoms. The van der Waals surface area contributed by atoms with Crippen molar-refractivity contribution in [1.82, 2.24) is 5.32 Å². The van der Waals surface area contributed by atoms with Gasteiger partial charge in [0.1, 0.15) is 0 Å². The molecule has 0 aromatic carbocycles. The molecule has 0 fully saturated rings. The van der Waals surface area contributed by atoms with Crippen LogP contribution in [0.3, 0.4) is 0 Å². The van der Waals surface area contributed by atoms with Crippen molar-refractivity contribution in [2.75, 3.05) is 13.1 Å². The van der Waals surface area contributed by atoms with Crippen molar-refractivity contribution >= 4 is 5.91 Å². The molecule has 3 N–H and O–H groups in total. The maximum absolute atomic E-state index is 10.5. The van der Waals surface area contributed by atoms with Crippen LogP contribution in [0.4, 0.5) is 0 Å². The molecular weight excluding hydrogens is 132 g/mol. The molecule has 4 nitrogen and oxygen atoms in total. The number of nitrogens with two attached hydrogens (primary N) is 1. The predicted molar refractivity (Wildman–Crippen MR) is 36.1 cm³/mol. The molecule has 0 spiro atoms. The van der Waals surface area contributed by atoms with E-state index in [1.54, 1.807) is 6.08 Å². The molecule has 1 atom stereocenters. The SMILES string of the molecule is NC(=O)C1CNCC=CO1. The molecule has 0 aliphatic carbocycles. The lowest BCUT2D eigenvalue weighted by Crippen LogP contribution is -2.37. The van der Waals surface area contributed by atoms with E-state index in [-0.39, 0.29) is 0 Å². The Balaban J connectivity index is 2.45. The third-order valence-electron chi connectivity index (χ3n) is 1.25. The second-order valence-electron chi connectivity index (χ2n) is 2.06. The Bertz CT molecular complexity index is 156. The summed E-state index contributed by atoms with van der Waals surface area (Å²) in [5.74, 6) is -0.431. The van der Waals surface area contributed by atoms with E-state index in [0.717, 1.165) is 6.54 Å². The third kappa shape index (κ3) is 1.73. The van der Waals surface area contributed by atoms with Gasteiger partial charge in [-0.15, -0.1) is 0 Å². The molecule has 1 unspecified atom stereocenters. The summed E-state index contributed by atoms with van der Waals surface area (Å²) in [7, 11) is 0. The Morgan fingerprint density at radius 1 is 1.80 bits per heavy atom. The molecule has 10 heavy (non-hydrogen) atoms. The fraction of sp³-hybridized carbons (Fsp3) is 0.500. The summed E-state index contributed by atoms with van der Waals surface area (Å²) in [6, 6.07) is 0. The largest absolute Gasteiger partial charge is 0.487 e. The molecule has 0 saturated heterocycles. The Hall–Kier alpha value is -1.03. The number of carbonyl (C=O) groups excluding carboxylic acids is 1. The van der Waals surface area contributed by atoms with Gasteiger partial charge in [0.25, 0.3) is 5.91 Å². The lowest BCUT2D eigenvalue weighted by atomic mass is 10.3. The van der Waals surface area contributed by atoms with E-state index in [9.17, 15) is 4.79 Å². The number of amides is 1. The quantitative estimate of drug-likeness (QED) is 0.492. The van der Waals surface area contributed by atoms with Crippen molar-refractivity contribution in [1.29, 1.82) is 0 Å². The van der Waals surface area contributed by atoms with Gasteiger partial charge in [-0.3, -0.25) is 4.79 Å². The van der Waals surface area contributed by atoms with Gasteiger partial charge < -0.3 is 15.8 Å². The maximum Gasteiger partial charge on any atom is 0.259 e.